The van der Waals surface area contributed by atoms with Gasteiger partial charge in [-0.2, -0.15) is 5.10 Å². The summed E-state index contributed by atoms with van der Waals surface area (Å²) in [4.78, 5) is 17.3. The summed E-state index contributed by atoms with van der Waals surface area (Å²) >= 11 is 0. The Morgan fingerprint density at radius 1 is 1.38 bits per heavy atom. The summed E-state index contributed by atoms with van der Waals surface area (Å²) in [6.07, 6.45) is 1.30. The van der Waals surface area contributed by atoms with E-state index in [0.29, 0.717) is 26.3 Å². The quantitative estimate of drug-likeness (QED) is 0.683. The van der Waals surface area contributed by atoms with Crippen LogP contribution in [0.1, 0.15) is 10.6 Å². The number of carbonyl (C=O) groups excluding carboxylic acids is 1. The van der Waals surface area contributed by atoms with Crippen LogP contribution in [-0.2, 0) is 9.47 Å². The van der Waals surface area contributed by atoms with Crippen molar-refractivity contribution in [3.05, 3.63) is 12.2 Å². The van der Waals surface area contributed by atoms with E-state index < -0.39 is 0 Å². The monoisotopic (exact) mass is 228 g/mol. The lowest BCUT2D eigenvalue weighted by Crippen LogP contribution is -2.37. The lowest BCUT2D eigenvalue weighted by Gasteiger charge is -2.20. The highest BCUT2D eigenvalue weighted by atomic mass is 16.5. The fourth-order valence-electron chi connectivity index (χ4n) is 1.18. The molecule has 0 aliphatic rings. The van der Waals surface area contributed by atoms with Crippen molar-refractivity contribution in [2.75, 3.05) is 40.5 Å². The lowest BCUT2D eigenvalue weighted by molar-refractivity contribution is 0.0616. The minimum absolute atomic E-state index is 0.202. The Kier molecular flexibility index (Phi) is 5.44. The van der Waals surface area contributed by atoms with Crippen LogP contribution in [0.2, 0.25) is 0 Å². The molecule has 0 aliphatic carbocycles. The summed E-state index contributed by atoms with van der Waals surface area (Å²) in [7, 11) is 3.18. The number of nitrogens with zero attached hydrogens (tertiary/aromatic N) is 3. The maximum atomic E-state index is 11.9. The van der Waals surface area contributed by atoms with Crippen LogP contribution < -0.4 is 0 Å². The predicted octanol–water partition coefficient (Wildman–Crippen LogP) is -0.460. The number of H-pyrrole nitrogens is 1. The third kappa shape index (κ3) is 3.59. The van der Waals surface area contributed by atoms with Gasteiger partial charge < -0.3 is 14.4 Å². The van der Waals surface area contributed by atoms with E-state index >= 15 is 0 Å². The van der Waals surface area contributed by atoms with Crippen LogP contribution in [0.4, 0.5) is 0 Å². The van der Waals surface area contributed by atoms with Crippen molar-refractivity contribution in [3.63, 3.8) is 0 Å². The van der Waals surface area contributed by atoms with E-state index in [1.807, 2.05) is 0 Å². The number of nitrogens with one attached hydrogen (secondary N) is 1. The topological polar surface area (TPSA) is 80.3 Å². The highest BCUT2D eigenvalue weighted by molar-refractivity contribution is 5.90. The Labute approximate surface area is 93.8 Å². The van der Waals surface area contributed by atoms with Gasteiger partial charge in [0.05, 0.1) is 13.2 Å². The molecule has 0 atom stereocenters. The lowest BCUT2D eigenvalue weighted by atomic mass is 10.4. The molecular weight excluding hydrogens is 212 g/mol. The number of carbonyl (C=O) groups is 1. The number of aromatic amines is 1. The van der Waals surface area contributed by atoms with Crippen molar-refractivity contribution < 1.29 is 14.3 Å². The van der Waals surface area contributed by atoms with Crippen molar-refractivity contribution >= 4 is 5.91 Å². The summed E-state index contributed by atoms with van der Waals surface area (Å²) in [5.41, 5.74) is 0. The first kappa shape index (κ1) is 12.6. The number of rotatable bonds is 7. The molecule has 0 spiro atoms. The van der Waals surface area contributed by atoms with Gasteiger partial charge in [-0.05, 0) is 0 Å². The average Bonchev–Trinajstić information content (AvgIpc) is 2.82. The van der Waals surface area contributed by atoms with Crippen molar-refractivity contribution in [2.24, 2.45) is 0 Å². The molecule has 90 valence electrons. The van der Waals surface area contributed by atoms with Gasteiger partial charge in [0.15, 0.2) is 0 Å². The van der Waals surface area contributed by atoms with E-state index in [2.05, 4.69) is 15.2 Å². The molecule has 1 rings (SSSR count). The van der Waals surface area contributed by atoms with Gasteiger partial charge in [-0.25, -0.2) is 4.98 Å². The van der Waals surface area contributed by atoms with Gasteiger partial charge in [0.25, 0.3) is 5.91 Å². The average molecular weight is 228 g/mol. The molecule has 1 amide bonds. The van der Waals surface area contributed by atoms with Crippen LogP contribution >= 0.6 is 0 Å². The zero-order chi connectivity index (χ0) is 11.8. The maximum absolute atomic E-state index is 11.9. The fourth-order valence-corrected chi connectivity index (χ4v) is 1.18. The molecule has 16 heavy (non-hydrogen) atoms. The summed E-state index contributed by atoms with van der Waals surface area (Å²) in [5, 5.41) is 6.18. The fraction of sp³-hybridized carbons (Fsp3) is 0.667. The first-order chi connectivity index (χ1) is 7.79. The molecule has 1 aromatic heterocycles. The summed E-state index contributed by atoms with van der Waals surface area (Å²) < 4.78 is 9.88. The molecule has 0 radical (unpaired) electrons. The maximum Gasteiger partial charge on any atom is 0.291 e. The Bertz CT molecular complexity index is 294. The SMILES string of the molecule is COCCN(CCOC)C(=O)c1ncn[nH]1. The van der Waals surface area contributed by atoms with Crippen LogP contribution in [0.5, 0.6) is 0 Å². The normalized spacial score (nSPS) is 10.4. The summed E-state index contributed by atoms with van der Waals surface area (Å²) in [5.74, 6) is 0.0267. The molecule has 0 fully saturated rings. The van der Waals surface area contributed by atoms with E-state index in [0.717, 1.165) is 0 Å². The number of aromatic nitrogens is 3. The van der Waals surface area contributed by atoms with Crippen molar-refractivity contribution in [2.45, 2.75) is 0 Å². The molecule has 0 aromatic carbocycles. The Morgan fingerprint density at radius 3 is 2.44 bits per heavy atom. The van der Waals surface area contributed by atoms with Crippen LogP contribution in [0, 0.1) is 0 Å². The largest absolute Gasteiger partial charge is 0.383 e. The van der Waals surface area contributed by atoms with Crippen molar-refractivity contribution in [3.8, 4) is 0 Å². The number of amides is 1. The molecule has 7 nitrogen and oxygen atoms in total. The van der Waals surface area contributed by atoms with Crippen molar-refractivity contribution in [1.29, 1.82) is 0 Å². The summed E-state index contributed by atoms with van der Waals surface area (Å²) in [6, 6.07) is 0. The third-order valence-corrected chi connectivity index (χ3v) is 2.04. The molecule has 7 heteroatoms. The van der Waals surface area contributed by atoms with E-state index in [9.17, 15) is 4.79 Å². The van der Waals surface area contributed by atoms with E-state index in [1.165, 1.54) is 6.33 Å². The second kappa shape index (κ2) is 6.91. The van der Waals surface area contributed by atoms with E-state index in [-0.39, 0.29) is 11.7 Å². The van der Waals surface area contributed by atoms with E-state index in [1.54, 1.807) is 19.1 Å². The molecule has 1 aromatic rings. The van der Waals surface area contributed by atoms with Gasteiger partial charge in [0.1, 0.15) is 6.33 Å². The van der Waals surface area contributed by atoms with Crippen LogP contribution in [0.25, 0.3) is 0 Å². The van der Waals surface area contributed by atoms with Crippen LogP contribution in [-0.4, -0.2) is 66.5 Å². The molecule has 1 heterocycles. The smallest absolute Gasteiger partial charge is 0.291 e. The van der Waals surface area contributed by atoms with Gasteiger partial charge in [-0.3, -0.25) is 9.89 Å². The molecule has 0 saturated heterocycles. The Balaban J connectivity index is 2.56. The molecule has 0 saturated carbocycles. The highest BCUT2D eigenvalue weighted by Crippen LogP contribution is 1.97. The Hall–Kier alpha value is -1.47. The Morgan fingerprint density at radius 2 is 2.00 bits per heavy atom. The molecule has 0 bridgehead atoms. The molecule has 0 unspecified atom stereocenters. The minimum atomic E-state index is -0.202. The van der Waals surface area contributed by atoms with Gasteiger partial charge in [-0.1, -0.05) is 0 Å². The van der Waals surface area contributed by atoms with Crippen molar-refractivity contribution in [1.82, 2.24) is 20.1 Å². The second-order valence-electron chi connectivity index (χ2n) is 3.11. The number of hydrogen-bond acceptors (Lipinski definition) is 5. The van der Waals surface area contributed by atoms with Gasteiger partial charge in [0.2, 0.25) is 5.82 Å². The molecule has 1 N–H and O–H groups in total. The first-order valence-corrected chi connectivity index (χ1v) is 4.92. The van der Waals surface area contributed by atoms with E-state index in [4.69, 9.17) is 9.47 Å². The second-order valence-corrected chi connectivity index (χ2v) is 3.11. The number of ether oxygens (including phenoxy) is 2. The zero-order valence-electron chi connectivity index (χ0n) is 9.47. The number of methoxy groups -OCH3 is 2. The van der Waals surface area contributed by atoms with Gasteiger partial charge in [-0.15, -0.1) is 0 Å². The first-order valence-electron chi connectivity index (χ1n) is 4.92. The third-order valence-electron chi connectivity index (χ3n) is 2.04. The zero-order valence-corrected chi connectivity index (χ0v) is 9.47. The molecule has 0 aliphatic heterocycles. The highest BCUT2D eigenvalue weighted by Gasteiger charge is 2.17. The summed E-state index contributed by atoms with van der Waals surface area (Å²) in [6.45, 7) is 1.95. The van der Waals surface area contributed by atoms with Crippen LogP contribution in [0.3, 0.4) is 0 Å². The number of hydrogen-bond donors (Lipinski definition) is 1. The minimum Gasteiger partial charge on any atom is -0.383 e. The standard InChI is InChI=1S/C9H16N4O3/c1-15-5-3-13(4-6-16-2)9(14)8-10-7-11-12-8/h7H,3-6H2,1-2H3,(H,10,11,12). The van der Waals surface area contributed by atoms with Crippen LogP contribution in [0.15, 0.2) is 6.33 Å². The van der Waals surface area contributed by atoms with Gasteiger partial charge in [0, 0.05) is 27.3 Å². The van der Waals surface area contributed by atoms with Gasteiger partial charge >= 0.3 is 0 Å². The molecular formula is C9H16N4O3. The predicted molar refractivity (Wildman–Crippen MR) is 56.0 cm³/mol.